The summed E-state index contributed by atoms with van der Waals surface area (Å²) in [6.45, 7) is 6.47. The van der Waals surface area contributed by atoms with Gasteiger partial charge in [0.25, 0.3) is 0 Å². The van der Waals surface area contributed by atoms with Gasteiger partial charge in [0.15, 0.2) is 9.84 Å². The van der Waals surface area contributed by atoms with Crippen LogP contribution in [0.15, 0.2) is 30.3 Å². The molecule has 0 bridgehead atoms. The van der Waals surface area contributed by atoms with Crippen molar-refractivity contribution < 1.29 is 13.2 Å². The van der Waals surface area contributed by atoms with Crippen LogP contribution in [0.5, 0.6) is 0 Å². The molecule has 27 heavy (non-hydrogen) atoms. The molecule has 2 aliphatic heterocycles. The molecule has 150 valence electrons. The monoisotopic (exact) mass is 393 g/mol. The molecule has 2 aliphatic rings. The quantitative estimate of drug-likeness (QED) is 0.849. The average molecular weight is 394 g/mol. The van der Waals surface area contributed by atoms with Gasteiger partial charge in [-0.15, -0.1) is 0 Å². The van der Waals surface area contributed by atoms with Gasteiger partial charge in [-0.05, 0) is 43.3 Å². The highest BCUT2D eigenvalue weighted by molar-refractivity contribution is 7.91. The maximum atomic E-state index is 12.5. The summed E-state index contributed by atoms with van der Waals surface area (Å²) in [6.07, 6.45) is 2.16. The average Bonchev–Trinajstić information content (AvgIpc) is 2.78. The lowest BCUT2D eigenvalue weighted by Gasteiger charge is -2.32. The van der Waals surface area contributed by atoms with E-state index in [0.717, 1.165) is 32.5 Å². The predicted molar refractivity (Wildman–Crippen MR) is 107 cm³/mol. The zero-order chi connectivity index (χ0) is 19.3. The molecule has 0 saturated carbocycles. The van der Waals surface area contributed by atoms with Gasteiger partial charge in [0, 0.05) is 26.2 Å². The molecule has 1 aromatic carbocycles. The Morgan fingerprint density at radius 1 is 1.15 bits per heavy atom. The lowest BCUT2D eigenvalue weighted by atomic mass is 9.96. The van der Waals surface area contributed by atoms with Gasteiger partial charge in [-0.1, -0.05) is 37.3 Å². The number of carbonyl (C=O) groups excluding carboxylic acids is 1. The molecule has 2 saturated heterocycles. The maximum Gasteiger partial charge on any atom is 0.317 e. The summed E-state index contributed by atoms with van der Waals surface area (Å²) in [5.41, 5.74) is 1.34. The third-order valence-electron chi connectivity index (χ3n) is 5.53. The first kappa shape index (κ1) is 20.1. The van der Waals surface area contributed by atoms with Gasteiger partial charge in [0.05, 0.1) is 11.5 Å². The van der Waals surface area contributed by atoms with Crippen molar-refractivity contribution in [3.05, 3.63) is 35.9 Å². The van der Waals surface area contributed by atoms with Crippen LogP contribution in [-0.4, -0.2) is 68.5 Å². The second-order valence-electron chi connectivity index (χ2n) is 8.06. The minimum absolute atomic E-state index is 0.00975. The number of rotatable bonds is 4. The maximum absolute atomic E-state index is 12.5. The summed E-state index contributed by atoms with van der Waals surface area (Å²) in [5, 5.41) is 3.04. The fraction of sp³-hybridized carbons (Fsp3) is 0.650. The van der Waals surface area contributed by atoms with Crippen LogP contribution in [0.2, 0.25) is 0 Å². The van der Waals surface area contributed by atoms with Crippen LogP contribution >= 0.6 is 0 Å². The number of likely N-dealkylation sites (tertiary alicyclic amines) is 1. The van der Waals surface area contributed by atoms with Crippen LogP contribution in [0.1, 0.15) is 25.3 Å². The number of urea groups is 1. The molecular formula is C20H31N3O3S. The molecule has 1 aromatic rings. The van der Waals surface area contributed by atoms with Crippen LogP contribution < -0.4 is 5.32 Å². The standard InChI is InChI=1S/C20H31N3O3S/c1-17-14-23(11-12-27(25,26)16-17)20(24)21-13-18-7-9-22(10-8-18)15-19-5-3-2-4-6-19/h2-6,17-18H,7-16H2,1H3,(H,21,24). The van der Waals surface area contributed by atoms with Crippen molar-refractivity contribution in [2.24, 2.45) is 11.8 Å². The van der Waals surface area contributed by atoms with Crippen molar-refractivity contribution in [1.82, 2.24) is 15.1 Å². The molecule has 2 amide bonds. The second-order valence-corrected chi connectivity index (χ2v) is 10.3. The van der Waals surface area contributed by atoms with E-state index in [-0.39, 0.29) is 23.5 Å². The predicted octanol–water partition coefficient (Wildman–Crippen LogP) is 1.97. The molecule has 3 rings (SSSR count). The molecule has 0 radical (unpaired) electrons. The number of hydrogen-bond acceptors (Lipinski definition) is 4. The second kappa shape index (κ2) is 9.06. The van der Waals surface area contributed by atoms with E-state index in [2.05, 4.69) is 34.5 Å². The van der Waals surface area contributed by atoms with Crippen LogP contribution in [0.25, 0.3) is 0 Å². The van der Waals surface area contributed by atoms with E-state index in [1.165, 1.54) is 5.56 Å². The Morgan fingerprint density at radius 2 is 1.85 bits per heavy atom. The van der Waals surface area contributed by atoms with E-state index in [0.29, 0.717) is 25.6 Å². The summed E-state index contributed by atoms with van der Waals surface area (Å²) in [4.78, 5) is 16.6. The largest absolute Gasteiger partial charge is 0.338 e. The van der Waals surface area contributed by atoms with Crippen LogP contribution in [0, 0.1) is 11.8 Å². The van der Waals surface area contributed by atoms with Gasteiger partial charge in [-0.25, -0.2) is 13.2 Å². The first-order valence-electron chi connectivity index (χ1n) is 9.91. The highest BCUT2D eigenvalue weighted by atomic mass is 32.2. The zero-order valence-electron chi connectivity index (χ0n) is 16.1. The fourth-order valence-corrected chi connectivity index (χ4v) is 5.64. The molecule has 2 heterocycles. The Labute approximate surface area is 162 Å². The van der Waals surface area contributed by atoms with E-state index >= 15 is 0 Å². The summed E-state index contributed by atoms with van der Waals surface area (Å²) in [7, 11) is -3.03. The Morgan fingerprint density at radius 3 is 2.56 bits per heavy atom. The van der Waals surface area contributed by atoms with Crippen LogP contribution in [-0.2, 0) is 16.4 Å². The minimum Gasteiger partial charge on any atom is -0.338 e. The molecule has 2 fully saturated rings. The van der Waals surface area contributed by atoms with Gasteiger partial charge in [-0.2, -0.15) is 0 Å². The molecule has 1 atom stereocenters. The summed E-state index contributed by atoms with van der Waals surface area (Å²) >= 11 is 0. The van der Waals surface area contributed by atoms with Gasteiger partial charge in [0.1, 0.15) is 0 Å². The van der Waals surface area contributed by atoms with E-state index in [9.17, 15) is 13.2 Å². The third kappa shape index (κ3) is 6.21. The van der Waals surface area contributed by atoms with Gasteiger partial charge >= 0.3 is 6.03 Å². The summed E-state index contributed by atoms with van der Waals surface area (Å²) in [5.74, 6) is 0.734. The number of nitrogens with one attached hydrogen (secondary N) is 1. The molecule has 7 heteroatoms. The van der Waals surface area contributed by atoms with E-state index in [1.807, 2.05) is 13.0 Å². The Kier molecular flexibility index (Phi) is 6.76. The number of amides is 2. The number of nitrogens with zero attached hydrogens (tertiary/aromatic N) is 2. The van der Waals surface area contributed by atoms with Crippen molar-refractivity contribution in [3.63, 3.8) is 0 Å². The Hall–Kier alpha value is -1.60. The topological polar surface area (TPSA) is 69.7 Å². The zero-order valence-corrected chi connectivity index (χ0v) is 17.0. The molecule has 1 N–H and O–H groups in total. The lowest BCUT2D eigenvalue weighted by molar-refractivity contribution is 0.167. The normalized spacial score (nSPS) is 24.3. The van der Waals surface area contributed by atoms with Gasteiger partial charge in [-0.3, -0.25) is 4.90 Å². The molecule has 0 aliphatic carbocycles. The molecule has 6 nitrogen and oxygen atoms in total. The van der Waals surface area contributed by atoms with E-state index in [1.54, 1.807) is 4.90 Å². The number of piperidine rings is 1. The minimum atomic E-state index is -3.03. The van der Waals surface area contributed by atoms with E-state index in [4.69, 9.17) is 0 Å². The van der Waals surface area contributed by atoms with Crippen molar-refractivity contribution in [1.29, 1.82) is 0 Å². The number of carbonyl (C=O) groups is 1. The van der Waals surface area contributed by atoms with Crippen molar-refractivity contribution >= 4 is 15.9 Å². The molecule has 1 unspecified atom stereocenters. The van der Waals surface area contributed by atoms with Crippen molar-refractivity contribution in [2.45, 2.75) is 26.3 Å². The lowest BCUT2D eigenvalue weighted by Crippen LogP contribution is -2.45. The van der Waals surface area contributed by atoms with Gasteiger partial charge < -0.3 is 10.2 Å². The van der Waals surface area contributed by atoms with Crippen molar-refractivity contribution in [2.75, 3.05) is 44.2 Å². The van der Waals surface area contributed by atoms with Crippen molar-refractivity contribution in [3.8, 4) is 0 Å². The first-order chi connectivity index (χ1) is 12.9. The number of benzene rings is 1. The smallest absolute Gasteiger partial charge is 0.317 e. The highest BCUT2D eigenvalue weighted by Gasteiger charge is 2.27. The van der Waals surface area contributed by atoms with Gasteiger partial charge in [0.2, 0.25) is 0 Å². The molecule has 0 spiro atoms. The SMILES string of the molecule is CC1CN(C(=O)NCC2CCN(Cc3ccccc3)CC2)CCS(=O)(=O)C1. The Bertz CT molecular complexity index is 715. The van der Waals surface area contributed by atoms with Crippen LogP contribution in [0.4, 0.5) is 4.79 Å². The summed E-state index contributed by atoms with van der Waals surface area (Å²) < 4.78 is 23.7. The number of hydrogen-bond donors (Lipinski definition) is 1. The number of sulfone groups is 1. The first-order valence-corrected chi connectivity index (χ1v) is 11.7. The molecular weight excluding hydrogens is 362 g/mol. The van der Waals surface area contributed by atoms with Crippen LogP contribution in [0.3, 0.4) is 0 Å². The highest BCUT2D eigenvalue weighted by Crippen LogP contribution is 2.19. The summed E-state index contributed by atoms with van der Waals surface area (Å²) in [6, 6.07) is 10.4. The fourth-order valence-electron chi connectivity index (χ4n) is 4.00. The third-order valence-corrected chi connectivity index (χ3v) is 7.41. The Balaban J connectivity index is 1.40. The van der Waals surface area contributed by atoms with E-state index < -0.39 is 9.84 Å². The molecule has 0 aromatic heterocycles.